The minimum absolute atomic E-state index is 0.729. The topological polar surface area (TPSA) is 15.3 Å². The van der Waals surface area contributed by atoms with Gasteiger partial charge in [0, 0.05) is 19.1 Å². The zero-order valence-corrected chi connectivity index (χ0v) is 12.8. The zero-order valence-electron chi connectivity index (χ0n) is 12.8. The number of nitrogens with zero attached hydrogens (tertiary/aromatic N) is 1. The van der Waals surface area contributed by atoms with Crippen LogP contribution < -0.4 is 5.32 Å². The molecule has 1 heterocycles. The summed E-state index contributed by atoms with van der Waals surface area (Å²) in [6.07, 6.45) is 6.72. The summed E-state index contributed by atoms with van der Waals surface area (Å²) >= 11 is 0. The van der Waals surface area contributed by atoms with Crippen molar-refractivity contribution >= 4 is 0 Å². The predicted molar refractivity (Wildman–Crippen MR) is 85.0 cm³/mol. The minimum Gasteiger partial charge on any atom is -0.315 e. The fourth-order valence-corrected chi connectivity index (χ4v) is 3.37. The van der Waals surface area contributed by atoms with Crippen molar-refractivity contribution < 1.29 is 0 Å². The Kier molecular flexibility index (Phi) is 4.74. The minimum atomic E-state index is 0.729. The van der Waals surface area contributed by atoms with Crippen molar-refractivity contribution in [1.82, 2.24) is 10.2 Å². The smallest absolute Gasteiger partial charge is 0.0237 e. The van der Waals surface area contributed by atoms with Crippen molar-refractivity contribution in [2.75, 3.05) is 19.6 Å². The number of benzene rings is 1. The van der Waals surface area contributed by atoms with Gasteiger partial charge in [0.15, 0.2) is 0 Å². The molecular weight excluding hydrogens is 244 g/mol. The highest BCUT2D eigenvalue weighted by Gasteiger charge is 2.23. The lowest BCUT2D eigenvalue weighted by Crippen LogP contribution is -2.45. The molecule has 2 aliphatic rings. The van der Waals surface area contributed by atoms with Crippen LogP contribution in [0.25, 0.3) is 0 Å². The van der Waals surface area contributed by atoms with E-state index in [1.807, 2.05) is 0 Å². The maximum absolute atomic E-state index is 3.55. The van der Waals surface area contributed by atoms with Gasteiger partial charge >= 0.3 is 0 Å². The van der Waals surface area contributed by atoms with Gasteiger partial charge in [0.25, 0.3) is 0 Å². The number of rotatable bonds is 6. The van der Waals surface area contributed by atoms with Crippen LogP contribution in [-0.2, 0) is 6.54 Å². The van der Waals surface area contributed by atoms with Crippen LogP contribution in [0.1, 0.15) is 56.1 Å². The summed E-state index contributed by atoms with van der Waals surface area (Å²) in [7, 11) is 0. The highest BCUT2D eigenvalue weighted by atomic mass is 15.2. The largest absolute Gasteiger partial charge is 0.315 e. The molecule has 1 N–H and O–H groups in total. The van der Waals surface area contributed by atoms with Crippen LogP contribution in [0, 0.1) is 0 Å². The molecule has 0 amide bonds. The van der Waals surface area contributed by atoms with Gasteiger partial charge in [-0.3, -0.25) is 4.90 Å². The third-order valence-corrected chi connectivity index (χ3v) is 4.71. The van der Waals surface area contributed by atoms with Crippen molar-refractivity contribution in [3.05, 3.63) is 35.4 Å². The van der Waals surface area contributed by atoms with E-state index in [1.54, 1.807) is 5.56 Å². The zero-order chi connectivity index (χ0) is 13.8. The van der Waals surface area contributed by atoms with E-state index in [0.29, 0.717) is 0 Å². The van der Waals surface area contributed by atoms with E-state index < -0.39 is 0 Å². The van der Waals surface area contributed by atoms with Crippen LogP contribution in [0.15, 0.2) is 24.3 Å². The molecule has 1 aliphatic heterocycles. The molecule has 0 radical (unpaired) electrons. The molecule has 20 heavy (non-hydrogen) atoms. The van der Waals surface area contributed by atoms with Crippen molar-refractivity contribution in [2.45, 2.75) is 57.5 Å². The molecule has 2 heteroatoms. The fraction of sp³-hybridized carbons (Fsp3) is 0.667. The molecule has 0 aromatic heterocycles. The Morgan fingerprint density at radius 3 is 2.55 bits per heavy atom. The average molecular weight is 272 g/mol. The standard InChI is InChI=1S/C18H28N2/c1-2-12-20(18-4-3-11-19-13-18)14-15-5-7-16(8-6-15)17-9-10-17/h5-8,17-19H,2-4,9-14H2,1H3. The second-order valence-corrected chi connectivity index (χ2v) is 6.49. The molecule has 1 atom stereocenters. The SMILES string of the molecule is CCCN(Cc1ccc(C2CC2)cc1)C1CCCNC1. The van der Waals surface area contributed by atoms with Gasteiger partial charge in [0.1, 0.15) is 0 Å². The summed E-state index contributed by atoms with van der Waals surface area (Å²) in [6, 6.07) is 10.2. The average Bonchev–Trinajstić information content (AvgIpc) is 3.33. The summed E-state index contributed by atoms with van der Waals surface area (Å²) in [5.74, 6) is 0.873. The summed E-state index contributed by atoms with van der Waals surface area (Å²) < 4.78 is 0. The molecule has 2 fully saturated rings. The van der Waals surface area contributed by atoms with Gasteiger partial charge in [0.05, 0.1) is 0 Å². The van der Waals surface area contributed by atoms with Gasteiger partial charge < -0.3 is 5.32 Å². The summed E-state index contributed by atoms with van der Waals surface area (Å²) in [4.78, 5) is 2.68. The third kappa shape index (κ3) is 3.62. The molecule has 110 valence electrons. The van der Waals surface area contributed by atoms with Crippen LogP contribution in [0.5, 0.6) is 0 Å². The van der Waals surface area contributed by atoms with E-state index in [-0.39, 0.29) is 0 Å². The summed E-state index contributed by atoms with van der Waals surface area (Å²) in [5, 5.41) is 3.55. The van der Waals surface area contributed by atoms with Gasteiger partial charge in [-0.15, -0.1) is 0 Å². The van der Waals surface area contributed by atoms with E-state index in [4.69, 9.17) is 0 Å². The number of piperidine rings is 1. The van der Waals surface area contributed by atoms with Crippen LogP contribution in [0.4, 0.5) is 0 Å². The number of hydrogen-bond donors (Lipinski definition) is 1. The van der Waals surface area contributed by atoms with E-state index in [1.165, 1.54) is 57.3 Å². The molecule has 0 spiro atoms. The first kappa shape index (κ1) is 14.1. The molecule has 1 saturated carbocycles. The molecular formula is C18H28N2. The van der Waals surface area contributed by atoms with E-state index in [2.05, 4.69) is 41.4 Å². The van der Waals surface area contributed by atoms with Crippen molar-refractivity contribution in [3.63, 3.8) is 0 Å². The molecule has 1 aromatic carbocycles. The Bertz CT molecular complexity index is 402. The molecule has 3 rings (SSSR count). The molecule has 1 aliphatic carbocycles. The Labute approximate surface area is 123 Å². The van der Waals surface area contributed by atoms with Crippen LogP contribution in [0.3, 0.4) is 0 Å². The summed E-state index contributed by atoms with van der Waals surface area (Å²) in [6.45, 7) is 6.99. The van der Waals surface area contributed by atoms with Gasteiger partial charge in [-0.05, 0) is 62.2 Å². The lowest BCUT2D eigenvalue weighted by molar-refractivity contribution is 0.158. The first-order chi connectivity index (χ1) is 9.86. The van der Waals surface area contributed by atoms with Crippen molar-refractivity contribution in [1.29, 1.82) is 0 Å². The van der Waals surface area contributed by atoms with E-state index in [9.17, 15) is 0 Å². The second kappa shape index (κ2) is 6.73. The second-order valence-electron chi connectivity index (χ2n) is 6.49. The van der Waals surface area contributed by atoms with Gasteiger partial charge in [-0.2, -0.15) is 0 Å². The van der Waals surface area contributed by atoms with Crippen molar-refractivity contribution in [2.24, 2.45) is 0 Å². The molecule has 0 bridgehead atoms. The lowest BCUT2D eigenvalue weighted by Gasteiger charge is -2.34. The number of nitrogens with one attached hydrogen (secondary N) is 1. The van der Waals surface area contributed by atoms with Crippen LogP contribution in [0.2, 0.25) is 0 Å². The van der Waals surface area contributed by atoms with Gasteiger partial charge in [-0.25, -0.2) is 0 Å². The predicted octanol–water partition coefficient (Wildman–Crippen LogP) is 3.53. The first-order valence-electron chi connectivity index (χ1n) is 8.40. The fourth-order valence-electron chi connectivity index (χ4n) is 3.37. The Balaban J connectivity index is 1.62. The first-order valence-corrected chi connectivity index (χ1v) is 8.40. The maximum Gasteiger partial charge on any atom is 0.0237 e. The highest BCUT2D eigenvalue weighted by molar-refractivity contribution is 5.28. The van der Waals surface area contributed by atoms with E-state index in [0.717, 1.165) is 18.5 Å². The maximum atomic E-state index is 3.55. The summed E-state index contributed by atoms with van der Waals surface area (Å²) in [5.41, 5.74) is 3.03. The van der Waals surface area contributed by atoms with E-state index >= 15 is 0 Å². The molecule has 1 aromatic rings. The Morgan fingerprint density at radius 1 is 1.15 bits per heavy atom. The van der Waals surface area contributed by atoms with Crippen LogP contribution >= 0.6 is 0 Å². The Morgan fingerprint density at radius 2 is 1.95 bits per heavy atom. The molecule has 1 saturated heterocycles. The Hall–Kier alpha value is -0.860. The number of hydrogen-bond acceptors (Lipinski definition) is 2. The highest BCUT2D eigenvalue weighted by Crippen LogP contribution is 2.39. The molecule has 2 nitrogen and oxygen atoms in total. The lowest BCUT2D eigenvalue weighted by atomic mass is 10.0. The monoisotopic (exact) mass is 272 g/mol. The van der Waals surface area contributed by atoms with Gasteiger partial charge in [-0.1, -0.05) is 31.2 Å². The van der Waals surface area contributed by atoms with Crippen LogP contribution in [-0.4, -0.2) is 30.6 Å². The quantitative estimate of drug-likeness (QED) is 0.852. The van der Waals surface area contributed by atoms with Crippen molar-refractivity contribution in [3.8, 4) is 0 Å². The molecule has 1 unspecified atom stereocenters. The third-order valence-electron chi connectivity index (χ3n) is 4.71. The van der Waals surface area contributed by atoms with Gasteiger partial charge in [0.2, 0.25) is 0 Å². The normalized spacial score (nSPS) is 23.2.